The van der Waals surface area contributed by atoms with E-state index in [2.05, 4.69) is 36.3 Å². The molecule has 1 aromatic heterocycles. The fraction of sp³-hybridized carbons (Fsp3) is 0.120. The summed E-state index contributed by atoms with van der Waals surface area (Å²) in [6.45, 7) is 4.26. The number of rotatable bonds is 7. The summed E-state index contributed by atoms with van der Waals surface area (Å²) >= 11 is -1.20. The van der Waals surface area contributed by atoms with E-state index in [0.29, 0.717) is 11.0 Å². The van der Waals surface area contributed by atoms with Crippen LogP contribution in [0.3, 0.4) is 0 Å². The van der Waals surface area contributed by atoms with Crippen molar-refractivity contribution in [2.24, 2.45) is 0 Å². The van der Waals surface area contributed by atoms with Crippen molar-refractivity contribution in [1.29, 1.82) is 0 Å². The third-order valence-corrected chi connectivity index (χ3v) is 6.66. The van der Waals surface area contributed by atoms with Crippen molar-refractivity contribution < 1.29 is 17.9 Å². The molecular weight excluding hydrogens is 473 g/mol. The quantitative estimate of drug-likeness (QED) is 0.283. The van der Waals surface area contributed by atoms with Gasteiger partial charge in [-0.05, 0) is 47.9 Å². The van der Waals surface area contributed by atoms with Crippen LogP contribution in [-0.2, 0) is 11.3 Å². The molecule has 174 valence electrons. The van der Waals surface area contributed by atoms with Crippen molar-refractivity contribution in [2.45, 2.75) is 19.8 Å². The first-order chi connectivity index (χ1) is 16.3. The smallest absolute Gasteiger partial charge is 0.266 e. The van der Waals surface area contributed by atoms with Gasteiger partial charge in [0, 0.05) is 10.9 Å². The molecule has 0 fully saturated rings. The van der Waals surface area contributed by atoms with Crippen LogP contribution in [0.25, 0.3) is 11.3 Å². The third-order valence-electron chi connectivity index (χ3n) is 5.18. The highest BCUT2D eigenvalue weighted by Gasteiger charge is 2.22. The first-order valence-electron chi connectivity index (χ1n) is 10.5. The molecule has 0 radical (unpaired) electrons. The molecule has 1 unspecified atom stereocenters. The number of nitrogens with one attached hydrogen (secondary N) is 1. The number of para-hydroxylation sites is 1. The lowest BCUT2D eigenvalue weighted by Crippen LogP contribution is -2.23. The summed E-state index contributed by atoms with van der Waals surface area (Å²) in [5.74, 6) is -0.525. The number of hydrogen-bond acceptors (Lipinski definition) is 4. The van der Waals surface area contributed by atoms with Crippen molar-refractivity contribution in [2.75, 3.05) is 9.62 Å². The number of benzene rings is 3. The van der Waals surface area contributed by atoms with E-state index in [4.69, 9.17) is 0 Å². The van der Waals surface area contributed by atoms with Crippen molar-refractivity contribution in [3.63, 3.8) is 0 Å². The molecule has 0 aliphatic carbocycles. The zero-order valence-electron chi connectivity index (χ0n) is 18.4. The number of aromatic nitrogens is 1. The van der Waals surface area contributed by atoms with Crippen LogP contribution in [0, 0.1) is 5.82 Å². The summed E-state index contributed by atoms with van der Waals surface area (Å²) in [4.78, 5) is 17.6. The highest BCUT2D eigenvalue weighted by molar-refractivity contribution is 7.81. The highest BCUT2D eigenvalue weighted by Crippen LogP contribution is 2.32. The molecule has 0 aliphatic heterocycles. The van der Waals surface area contributed by atoms with Crippen LogP contribution in [0.1, 0.15) is 35.7 Å². The fourth-order valence-electron chi connectivity index (χ4n) is 3.40. The van der Waals surface area contributed by atoms with E-state index in [0.717, 1.165) is 15.6 Å². The molecule has 9 heteroatoms. The maximum atomic E-state index is 13.4. The number of anilines is 3. The number of carbonyl (C=O) groups excluding carboxylic acids is 1. The summed E-state index contributed by atoms with van der Waals surface area (Å²) in [7, 11) is 0. The van der Waals surface area contributed by atoms with E-state index < -0.39 is 23.0 Å². The van der Waals surface area contributed by atoms with Crippen molar-refractivity contribution in [1.82, 2.24) is 4.98 Å². The minimum absolute atomic E-state index is 0.173. The monoisotopic (exact) mass is 495 g/mol. The summed E-state index contributed by atoms with van der Waals surface area (Å²) in [5, 5.41) is 5.04. The van der Waals surface area contributed by atoms with Gasteiger partial charge in [-0.25, -0.2) is 17.9 Å². The maximum absolute atomic E-state index is 13.4. The molecule has 1 heterocycles. The Kier molecular flexibility index (Phi) is 7.16. The lowest BCUT2D eigenvalue weighted by Gasteiger charge is -2.22. The molecule has 34 heavy (non-hydrogen) atoms. The Morgan fingerprint density at radius 3 is 2.38 bits per heavy atom. The van der Waals surface area contributed by atoms with Gasteiger partial charge >= 0.3 is 0 Å². The fourth-order valence-corrected chi connectivity index (χ4v) is 4.74. The molecule has 4 rings (SSSR count). The Bertz CT molecular complexity index is 1320. The van der Waals surface area contributed by atoms with Crippen LogP contribution in [0.5, 0.6) is 0 Å². The van der Waals surface area contributed by atoms with Gasteiger partial charge < -0.3 is 0 Å². The predicted octanol–water partition coefficient (Wildman–Crippen LogP) is 6.60. The number of thiazole rings is 1. The second kappa shape index (κ2) is 10.3. The molecule has 0 saturated carbocycles. The van der Waals surface area contributed by atoms with Gasteiger partial charge in [-0.2, -0.15) is 0 Å². The Morgan fingerprint density at radius 1 is 1.06 bits per heavy atom. The lowest BCUT2D eigenvalue weighted by atomic mass is 10.0. The van der Waals surface area contributed by atoms with Gasteiger partial charge in [-0.3, -0.25) is 14.7 Å². The Labute approximate surface area is 203 Å². The van der Waals surface area contributed by atoms with Gasteiger partial charge in [-0.15, -0.1) is 11.3 Å². The Morgan fingerprint density at radius 2 is 1.74 bits per heavy atom. The molecule has 1 atom stereocenters. The largest absolute Gasteiger partial charge is 0.298 e. The van der Waals surface area contributed by atoms with Crippen molar-refractivity contribution in [3.05, 3.63) is 95.1 Å². The lowest BCUT2D eigenvalue weighted by molar-refractivity contribution is 0.102. The molecule has 1 amide bonds. The average molecular weight is 496 g/mol. The zero-order valence-corrected chi connectivity index (χ0v) is 20.1. The van der Waals surface area contributed by atoms with E-state index in [1.807, 2.05) is 17.5 Å². The topological polar surface area (TPSA) is 82.5 Å². The van der Waals surface area contributed by atoms with E-state index in [9.17, 15) is 17.9 Å². The van der Waals surface area contributed by atoms with Crippen LogP contribution >= 0.6 is 11.3 Å². The van der Waals surface area contributed by atoms with E-state index >= 15 is 0 Å². The number of halogens is 1. The van der Waals surface area contributed by atoms with Crippen LogP contribution < -0.4 is 9.62 Å². The Balaban J connectivity index is 1.59. The standard InChI is InChI=1S/C25H22FN3O3S2/c1-16(2)17-7-9-18(10-8-17)22-15-33-25(27-22)28-24(30)21-5-3-4-6-23(21)29(34(31)32)20-13-11-19(26)12-14-20/h3-16H,1-2H3,(H,31,32)(H,27,28,30). The molecule has 6 nitrogen and oxygen atoms in total. The van der Waals surface area contributed by atoms with Gasteiger partial charge in [-0.1, -0.05) is 50.2 Å². The molecule has 0 aliphatic rings. The second-order valence-electron chi connectivity index (χ2n) is 7.79. The molecular formula is C25H22FN3O3S2. The molecule has 0 bridgehead atoms. The van der Waals surface area contributed by atoms with E-state index in [-0.39, 0.29) is 16.9 Å². The first kappa shape index (κ1) is 23.7. The van der Waals surface area contributed by atoms with Crippen molar-refractivity contribution >= 4 is 45.0 Å². The number of carbonyl (C=O) groups is 1. The molecule has 3 aromatic carbocycles. The highest BCUT2D eigenvalue weighted by atomic mass is 32.2. The van der Waals surface area contributed by atoms with Crippen LogP contribution in [-0.4, -0.2) is 19.7 Å². The maximum Gasteiger partial charge on any atom is 0.266 e. The van der Waals surface area contributed by atoms with Crippen LogP contribution in [0.15, 0.2) is 78.2 Å². The Hall–Kier alpha value is -3.40. The summed E-state index contributed by atoms with van der Waals surface area (Å²) in [6.07, 6.45) is 0. The summed E-state index contributed by atoms with van der Waals surface area (Å²) in [6, 6.07) is 19.6. The minimum Gasteiger partial charge on any atom is -0.298 e. The third kappa shape index (κ3) is 5.22. The second-order valence-corrected chi connectivity index (χ2v) is 9.47. The average Bonchev–Trinajstić information content (AvgIpc) is 3.29. The van der Waals surface area contributed by atoms with Gasteiger partial charge in [0.2, 0.25) is 0 Å². The zero-order chi connectivity index (χ0) is 24.2. The van der Waals surface area contributed by atoms with E-state index in [1.54, 1.807) is 24.3 Å². The molecule has 0 saturated heterocycles. The van der Waals surface area contributed by atoms with Gasteiger partial charge in [0.1, 0.15) is 5.82 Å². The molecule has 4 aromatic rings. The van der Waals surface area contributed by atoms with E-state index in [1.165, 1.54) is 41.2 Å². The number of hydrogen-bond donors (Lipinski definition) is 2. The number of amides is 1. The van der Waals surface area contributed by atoms with Crippen LogP contribution in [0.2, 0.25) is 0 Å². The minimum atomic E-state index is -2.49. The van der Waals surface area contributed by atoms with Gasteiger partial charge in [0.25, 0.3) is 17.2 Å². The predicted molar refractivity (Wildman–Crippen MR) is 135 cm³/mol. The molecule has 2 N–H and O–H groups in total. The first-order valence-corrected chi connectivity index (χ1v) is 12.4. The van der Waals surface area contributed by atoms with Crippen LogP contribution in [0.4, 0.5) is 20.9 Å². The normalized spacial score (nSPS) is 11.9. The number of nitrogens with zero attached hydrogens (tertiary/aromatic N) is 2. The van der Waals surface area contributed by atoms with Crippen molar-refractivity contribution in [3.8, 4) is 11.3 Å². The van der Waals surface area contributed by atoms with Gasteiger partial charge in [0.15, 0.2) is 5.13 Å². The summed E-state index contributed by atoms with van der Waals surface area (Å²) < 4.78 is 36.5. The SMILES string of the molecule is CC(C)c1ccc(-c2csc(NC(=O)c3ccccc3N(c3ccc(F)cc3)S(=O)O)n2)cc1. The molecule has 0 spiro atoms. The van der Waals surface area contributed by atoms with Gasteiger partial charge in [0.05, 0.1) is 22.6 Å². The summed E-state index contributed by atoms with van der Waals surface area (Å²) in [5.41, 5.74) is 3.56.